The quantitative estimate of drug-likeness (QED) is 0.891. The van der Waals surface area contributed by atoms with E-state index in [9.17, 15) is 0 Å². The second-order valence-electron chi connectivity index (χ2n) is 6.49. The summed E-state index contributed by atoms with van der Waals surface area (Å²) in [7, 11) is 0. The van der Waals surface area contributed by atoms with Crippen LogP contribution in [0.4, 0.5) is 0 Å². The first-order valence-electron chi connectivity index (χ1n) is 8.66. The molecule has 1 saturated heterocycles. The van der Waals surface area contributed by atoms with E-state index in [1.807, 2.05) is 0 Å². The molecule has 2 aromatic rings. The maximum absolute atomic E-state index is 4.15. The van der Waals surface area contributed by atoms with E-state index in [1.54, 1.807) is 17.3 Å². The minimum absolute atomic E-state index is 0.361. The van der Waals surface area contributed by atoms with Gasteiger partial charge in [0, 0.05) is 25.2 Å². The van der Waals surface area contributed by atoms with E-state index in [4.69, 9.17) is 0 Å². The molecule has 1 aliphatic rings. The zero-order valence-corrected chi connectivity index (χ0v) is 14.2. The van der Waals surface area contributed by atoms with Crippen LogP contribution in [-0.4, -0.2) is 45.3 Å². The molecule has 124 valence electrons. The molecule has 5 nitrogen and oxygen atoms in total. The van der Waals surface area contributed by atoms with Gasteiger partial charge in [0.2, 0.25) is 0 Å². The van der Waals surface area contributed by atoms with Crippen LogP contribution >= 0.6 is 0 Å². The smallest absolute Gasteiger partial charge is 0.138 e. The lowest BCUT2D eigenvalue weighted by atomic mass is 10.0. The van der Waals surface area contributed by atoms with Crippen LogP contribution in [0.2, 0.25) is 0 Å². The van der Waals surface area contributed by atoms with Gasteiger partial charge < -0.3 is 5.32 Å². The second kappa shape index (κ2) is 7.70. The van der Waals surface area contributed by atoms with Gasteiger partial charge in [0.1, 0.15) is 12.7 Å². The number of hydrogen-bond acceptors (Lipinski definition) is 4. The van der Waals surface area contributed by atoms with Crippen LogP contribution in [0.1, 0.15) is 44.7 Å². The number of benzene rings is 1. The largest absolute Gasteiger partial charge is 0.309 e. The SMILES string of the molecule is C[C@@H](NCCN1CCCC[C@@H]1C)c1ccc(-n2cncn2)cc1. The number of rotatable bonds is 6. The van der Waals surface area contributed by atoms with Crippen molar-refractivity contribution in [2.75, 3.05) is 19.6 Å². The van der Waals surface area contributed by atoms with Crippen molar-refractivity contribution in [3.63, 3.8) is 0 Å². The van der Waals surface area contributed by atoms with E-state index >= 15 is 0 Å². The summed E-state index contributed by atoms with van der Waals surface area (Å²) in [5.74, 6) is 0. The molecule has 23 heavy (non-hydrogen) atoms. The zero-order chi connectivity index (χ0) is 16.1. The lowest BCUT2D eigenvalue weighted by Crippen LogP contribution is -2.41. The van der Waals surface area contributed by atoms with E-state index in [2.05, 4.69) is 58.4 Å². The van der Waals surface area contributed by atoms with Crippen molar-refractivity contribution in [2.45, 2.75) is 45.2 Å². The number of piperidine rings is 1. The van der Waals surface area contributed by atoms with Crippen LogP contribution in [0.5, 0.6) is 0 Å². The molecule has 3 rings (SSSR count). The first-order valence-corrected chi connectivity index (χ1v) is 8.66. The fraction of sp³-hybridized carbons (Fsp3) is 0.556. The van der Waals surface area contributed by atoms with Gasteiger partial charge in [0.15, 0.2) is 0 Å². The predicted molar refractivity (Wildman–Crippen MR) is 92.7 cm³/mol. The summed E-state index contributed by atoms with van der Waals surface area (Å²) >= 11 is 0. The Hall–Kier alpha value is -1.72. The molecule has 0 saturated carbocycles. The molecule has 2 atom stereocenters. The molecule has 0 bridgehead atoms. The van der Waals surface area contributed by atoms with E-state index in [-0.39, 0.29) is 0 Å². The summed E-state index contributed by atoms with van der Waals surface area (Å²) in [6.45, 7) is 8.01. The standard InChI is InChI=1S/C18H27N5/c1-15-5-3-4-11-22(15)12-10-20-16(2)17-6-8-18(9-7-17)23-14-19-13-21-23/h6-9,13-16,20H,3-5,10-12H2,1-2H3/t15-,16+/m0/s1. The zero-order valence-electron chi connectivity index (χ0n) is 14.2. The molecule has 2 heterocycles. The highest BCUT2D eigenvalue weighted by atomic mass is 15.3. The van der Waals surface area contributed by atoms with E-state index in [1.165, 1.54) is 31.4 Å². The molecule has 0 spiro atoms. The summed E-state index contributed by atoms with van der Waals surface area (Å²) in [5, 5.41) is 7.80. The normalized spacial score (nSPS) is 20.5. The van der Waals surface area contributed by atoms with Gasteiger partial charge in [0.25, 0.3) is 0 Å². The van der Waals surface area contributed by atoms with Gasteiger partial charge in [-0.05, 0) is 50.9 Å². The van der Waals surface area contributed by atoms with E-state index in [0.29, 0.717) is 6.04 Å². The van der Waals surface area contributed by atoms with Crippen LogP contribution in [0.15, 0.2) is 36.9 Å². The van der Waals surface area contributed by atoms with Gasteiger partial charge in [-0.2, -0.15) is 5.10 Å². The van der Waals surface area contributed by atoms with Gasteiger partial charge in [0.05, 0.1) is 5.69 Å². The summed E-state index contributed by atoms with van der Waals surface area (Å²) in [6.07, 6.45) is 7.36. The molecule has 1 N–H and O–H groups in total. The molecule has 1 aromatic carbocycles. The van der Waals surface area contributed by atoms with Crippen molar-refractivity contribution in [1.82, 2.24) is 25.0 Å². The maximum Gasteiger partial charge on any atom is 0.138 e. The average molecular weight is 313 g/mol. The third-order valence-electron chi connectivity index (χ3n) is 4.87. The number of likely N-dealkylation sites (tertiary alicyclic amines) is 1. The molecule has 0 aliphatic carbocycles. The summed E-state index contributed by atoms with van der Waals surface area (Å²) in [6, 6.07) is 9.61. The molecular formula is C18H27N5. The number of aromatic nitrogens is 3. The Morgan fingerprint density at radius 3 is 2.78 bits per heavy atom. The highest BCUT2D eigenvalue weighted by molar-refractivity contribution is 5.34. The molecule has 0 radical (unpaired) electrons. The molecule has 0 amide bonds. The molecule has 0 unspecified atom stereocenters. The lowest BCUT2D eigenvalue weighted by molar-refractivity contribution is 0.160. The Bertz CT molecular complexity index is 578. The Labute approximate surface area is 138 Å². The predicted octanol–water partition coefficient (Wildman–Crippen LogP) is 2.79. The van der Waals surface area contributed by atoms with Gasteiger partial charge in [-0.15, -0.1) is 0 Å². The fourth-order valence-electron chi connectivity index (χ4n) is 3.29. The van der Waals surface area contributed by atoms with Crippen LogP contribution in [0.3, 0.4) is 0 Å². The number of nitrogens with zero attached hydrogens (tertiary/aromatic N) is 4. The minimum Gasteiger partial charge on any atom is -0.309 e. The van der Waals surface area contributed by atoms with Crippen LogP contribution in [-0.2, 0) is 0 Å². The number of hydrogen-bond donors (Lipinski definition) is 1. The first-order chi connectivity index (χ1) is 11.2. The molecule has 1 aliphatic heterocycles. The number of nitrogens with one attached hydrogen (secondary N) is 1. The first kappa shape index (κ1) is 16.1. The second-order valence-corrected chi connectivity index (χ2v) is 6.49. The third kappa shape index (κ3) is 4.18. The Morgan fingerprint density at radius 2 is 2.09 bits per heavy atom. The van der Waals surface area contributed by atoms with Gasteiger partial charge >= 0.3 is 0 Å². The topological polar surface area (TPSA) is 46.0 Å². The molecule has 1 fully saturated rings. The summed E-state index contributed by atoms with van der Waals surface area (Å²) < 4.78 is 1.78. The highest BCUT2D eigenvalue weighted by Gasteiger charge is 2.17. The highest BCUT2D eigenvalue weighted by Crippen LogP contribution is 2.17. The lowest BCUT2D eigenvalue weighted by Gasteiger charge is -2.33. The summed E-state index contributed by atoms with van der Waals surface area (Å²) in [5.41, 5.74) is 2.35. The minimum atomic E-state index is 0.361. The van der Waals surface area contributed by atoms with Crippen molar-refractivity contribution in [3.05, 3.63) is 42.5 Å². The molecule has 5 heteroatoms. The van der Waals surface area contributed by atoms with Gasteiger partial charge in [-0.1, -0.05) is 18.6 Å². The molecular weight excluding hydrogens is 286 g/mol. The van der Waals surface area contributed by atoms with Crippen molar-refractivity contribution >= 4 is 0 Å². The fourth-order valence-corrected chi connectivity index (χ4v) is 3.29. The van der Waals surface area contributed by atoms with Crippen LogP contribution < -0.4 is 5.32 Å². The Kier molecular flexibility index (Phi) is 5.41. The van der Waals surface area contributed by atoms with Crippen molar-refractivity contribution < 1.29 is 0 Å². The van der Waals surface area contributed by atoms with Crippen molar-refractivity contribution in [1.29, 1.82) is 0 Å². The van der Waals surface area contributed by atoms with Crippen molar-refractivity contribution in [3.8, 4) is 5.69 Å². The van der Waals surface area contributed by atoms with Gasteiger partial charge in [-0.3, -0.25) is 4.90 Å². The van der Waals surface area contributed by atoms with Gasteiger partial charge in [-0.25, -0.2) is 9.67 Å². The van der Waals surface area contributed by atoms with E-state index < -0.39 is 0 Å². The van der Waals surface area contributed by atoms with Crippen molar-refractivity contribution in [2.24, 2.45) is 0 Å². The Balaban J connectivity index is 1.49. The molecule has 1 aromatic heterocycles. The Morgan fingerprint density at radius 1 is 1.26 bits per heavy atom. The van der Waals surface area contributed by atoms with Crippen LogP contribution in [0.25, 0.3) is 5.69 Å². The average Bonchev–Trinajstić information content (AvgIpc) is 3.11. The maximum atomic E-state index is 4.15. The summed E-state index contributed by atoms with van der Waals surface area (Å²) in [4.78, 5) is 6.59. The van der Waals surface area contributed by atoms with E-state index in [0.717, 1.165) is 24.8 Å². The monoisotopic (exact) mass is 313 g/mol. The third-order valence-corrected chi connectivity index (χ3v) is 4.87. The van der Waals surface area contributed by atoms with Crippen LogP contribution in [0, 0.1) is 0 Å².